The summed E-state index contributed by atoms with van der Waals surface area (Å²) in [5, 5.41) is 3.95. The van der Waals surface area contributed by atoms with E-state index in [1.165, 1.54) is 14.2 Å². The molecule has 0 aromatic heterocycles. The van der Waals surface area contributed by atoms with E-state index >= 15 is 0 Å². The number of nitrogens with one attached hydrogen (secondary N) is 1. The van der Waals surface area contributed by atoms with E-state index in [0.29, 0.717) is 17.1 Å². The SMILES string of the molecule is COc1ccc(C=NNC(=O)c2ccc(OC)c(OC)c2)cc1Br. The number of nitrogens with zero attached hydrogens (tertiary/aromatic N) is 1. The van der Waals surface area contributed by atoms with Crippen LogP contribution in [0.4, 0.5) is 0 Å². The van der Waals surface area contributed by atoms with Crippen LogP contribution < -0.4 is 19.6 Å². The van der Waals surface area contributed by atoms with Gasteiger partial charge >= 0.3 is 0 Å². The lowest BCUT2D eigenvalue weighted by atomic mass is 10.2. The summed E-state index contributed by atoms with van der Waals surface area (Å²) in [7, 11) is 4.64. The molecule has 24 heavy (non-hydrogen) atoms. The van der Waals surface area contributed by atoms with Crippen LogP contribution in [0.1, 0.15) is 15.9 Å². The average Bonchev–Trinajstić information content (AvgIpc) is 2.61. The number of carbonyl (C=O) groups is 1. The van der Waals surface area contributed by atoms with E-state index in [1.807, 2.05) is 18.2 Å². The van der Waals surface area contributed by atoms with Gasteiger partial charge in [-0.3, -0.25) is 4.79 Å². The molecule has 0 saturated heterocycles. The van der Waals surface area contributed by atoms with Gasteiger partial charge in [-0.1, -0.05) is 0 Å². The number of halogens is 1. The Morgan fingerprint density at radius 2 is 1.67 bits per heavy atom. The Morgan fingerprint density at radius 3 is 2.29 bits per heavy atom. The van der Waals surface area contributed by atoms with Crippen molar-refractivity contribution in [3.05, 3.63) is 52.0 Å². The highest BCUT2D eigenvalue weighted by Crippen LogP contribution is 2.27. The van der Waals surface area contributed by atoms with Crippen molar-refractivity contribution in [2.45, 2.75) is 0 Å². The van der Waals surface area contributed by atoms with E-state index in [2.05, 4.69) is 26.5 Å². The standard InChI is InChI=1S/C17H17BrN2O4/c1-22-14-6-4-11(8-13(14)18)10-19-20-17(21)12-5-7-15(23-2)16(9-12)24-3/h4-10H,1-3H3,(H,20,21). The van der Waals surface area contributed by atoms with Crippen LogP contribution in [0, 0.1) is 0 Å². The summed E-state index contributed by atoms with van der Waals surface area (Å²) >= 11 is 3.39. The minimum atomic E-state index is -0.347. The molecule has 0 radical (unpaired) electrons. The number of methoxy groups -OCH3 is 3. The summed E-state index contributed by atoms with van der Waals surface area (Å²) in [5.74, 6) is 1.41. The molecule has 0 aliphatic carbocycles. The van der Waals surface area contributed by atoms with Crippen molar-refractivity contribution >= 4 is 28.1 Å². The number of hydrazone groups is 1. The van der Waals surface area contributed by atoms with Crippen LogP contribution in [0.15, 0.2) is 46.0 Å². The Morgan fingerprint density at radius 1 is 1.00 bits per heavy atom. The molecule has 2 aromatic rings. The number of benzene rings is 2. The Kier molecular flexibility index (Phi) is 6.20. The molecule has 0 unspecified atom stereocenters. The first kappa shape index (κ1) is 17.8. The fraction of sp³-hybridized carbons (Fsp3) is 0.176. The van der Waals surface area contributed by atoms with E-state index in [9.17, 15) is 4.79 Å². The first-order chi connectivity index (χ1) is 11.6. The fourth-order valence-electron chi connectivity index (χ4n) is 1.97. The fourth-order valence-corrected chi connectivity index (χ4v) is 2.53. The number of rotatable bonds is 6. The van der Waals surface area contributed by atoms with E-state index in [0.717, 1.165) is 15.8 Å². The van der Waals surface area contributed by atoms with E-state index in [1.54, 1.807) is 31.5 Å². The molecular formula is C17H17BrN2O4. The maximum absolute atomic E-state index is 12.1. The lowest BCUT2D eigenvalue weighted by Crippen LogP contribution is -2.17. The van der Waals surface area contributed by atoms with E-state index in [4.69, 9.17) is 14.2 Å². The third kappa shape index (κ3) is 4.26. The molecule has 126 valence electrons. The van der Waals surface area contributed by atoms with Crippen LogP contribution in [0.5, 0.6) is 17.2 Å². The number of ether oxygens (including phenoxy) is 3. The van der Waals surface area contributed by atoms with E-state index in [-0.39, 0.29) is 5.91 Å². The molecule has 1 N–H and O–H groups in total. The van der Waals surface area contributed by atoms with Crippen molar-refractivity contribution in [1.82, 2.24) is 5.43 Å². The molecule has 7 heteroatoms. The van der Waals surface area contributed by atoms with E-state index < -0.39 is 0 Å². The van der Waals surface area contributed by atoms with Gasteiger partial charge < -0.3 is 14.2 Å². The molecule has 2 rings (SSSR count). The van der Waals surface area contributed by atoms with Gasteiger partial charge in [0.15, 0.2) is 11.5 Å². The van der Waals surface area contributed by atoms with Crippen molar-refractivity contribution in [2.24, 2.45) is 5.10 Å². The monoisotopic (exact) mass is 392 g/mol. The summed E-state index contributed by atoms with van der Waals surface area (Å²) in [4.78, 5) is 12.1. The smallest absolute Gasteiger partial charge is 0.271 e. The summed E-state index contributed by atoms with van der Waals surface area (Å²) in [6, 6.07) is 10.4. The summed E-state index contributed by atoms with van der Waals surface area (Å²) < 4.78 is 16.3. The summed E-state index contributed by atoms with van der Waals surface area (Å²) in [5.41, 5.74) is 3.70. The Bertz CT molecular complexity index is 762. The molecule has 0 atom stereocenters. The van der Waals surface area contributed by atoms with Crippen LogP contribution in [0.3, 0.4) is 0 Å². The molecule has 0 aliphatic heterocycles. The number of carbonyl (C=O) groups excluding carboxylic acids is 1. The van der Waals surface area contributed by atoms with Crippen molar-refractivity contribution < 1.29 is 19.0 Å². The molecule has 1 amide bonds. The van der Waals surface area contributed by atoms with Crippen LogP contribution in [-0.4, -0.2) is 33.5 Å². The minimum Gasteiger partial charge on any atom is -0.496 e. The quantitative estimate of drug-likeness (QED) is 0.605. The maximum Gasteiger partial charge on any atom is 0.271 e. The van der Waals surface area contributed by atoms with Gasteiger partial charge in [-0.25, -0.2) is 5.43 Å². The van der Waals surface area contributed by atoms with Gasteiger partial charge in [0, 0.05) is 5.56 Å². The molecule has 0 heterocycles. The van der Waals surface area contributed by atoms with Crippen molar-refractivity contribution in [3.63, 3.8) is 0 Å². The maximum atomic E-state index is 12.1. The van der Waals surface area contributed by atoms with Crippen LogP contribution in [0.2, 0.25) is 0 Å². The number of hydrogen-bond acceptors (Lipinski definition) is 5. The molecule has 0 bridgehead atoms. The van der Waals surface area contributed by atoms with Crippen molar-refractivity contribution in [1.29, 1.82) is 0 Å². The normalized spacial score (nSPS) is 10.5. The highest BCUT2D eigenvalue weighted by molar-refractivity contribution is 9.10. The predicted molar refractivity (Wildman–Crippen MR) is 95.3 cm³/mol. The highest BCUT2D eigenvalue weighted by Gasteiger charge is 2.10. The first-order valence-corrected chi connectivity index (χ1v) is 7.77. The van der Waals surface area contributed by atoms with Crippen molar-refractivity contribution in [3.8, 4) is 17.2 Å². The molecule has 2 aromatic carbocycles. The lowest BCUT2D eigenvalue weighted by molar-refractivity contribution is 0.0954. The molecule has 6 nitrogen and oxygen atoms in total. The third-order valence-electron chi connectivity index (χ3n) is 3.20. The Balaban J connectivity index is 2.06. The zero-order chi connectivity index (χ0) is 17.5. The molecule has 0 fully saturated rings. The zero-order valence-corrected chi connectivity index (χ0v) is 15.1. The minimum absolute atomic E-state index is 0.347. The third-order valence-corrected chi connectivity index (χ3v) is 3.82. The Hall–Kier alpha value is -2.54. The van der Waals surface area contributed by atoms with Crippen LogP contribution in [0.25, 0.3) is 0 Å². The van der Waals surface area contributed by atoms with Crippen molar-refractivity contribution in [2.75, 3.05) is 21.3 Å². The van der Waals surface area contributed by atoms with Gasteiger partial charge in [0.05, 0.1) is 32.0 Å². The number of amides is 1. The second-order valence-corrected chi connectivity index (χ2v) is 5.52. The summed E-state index contributed by atoms with van der Waals surface area (Å²) in [6.07, 6.45) is 1.54. The number of hydrogen-bond donors (Lipinski definition) is 1. The van der Waals surface area contributed by atoms with Gasteiger partial charge in [-0.05, 0) is 57.9 Å². The molecule has 0 spiro atoms. The second kappa shape index (κ2) is 8.35. The predicted octanol–water partition coefficient (Wildman–Crippen LogP) is 3.24. The van der Waals surface area contributed by atoms with Gasteiger partial charge in [0.1, 0.15) is 5.75 Å². The molecule has 0 aliphatic rings. The lowest BCUT2D eigenvalue weighted by Gasteiger charge is -2.08. The first-order valence-electron chi connectivity index (χ1n) is 6.98. The Labute approximate surface area is 148 Å². The van der Waals surface area contributed by atoms with Gasteiger partial charge in [-0.15, -0.1) is 0 Å². The van der Waals surface area contributed by atoms with Gasteiger partial charge in [-0.2, -0.15) is 5.10 Å². The molecule has 0 saturated carbocycles. The van der Waals surface area contributed by atoms with Crippen LogP contribution >= 0.6 is 15.9 Å². The second-order valence-electron chi connectivity index (χ2n) is 4.66. The molecular weight excluding hydrogens is 376 g/mol. The summed E-state index contributed by atoms with van der Waals surface area (Å²) in [6.45, 7) is 0. The topological polar surface area (TPSA) is 69.2 Å². The van der Waals surface area contributed by atoms with Gasteiger partial charge in [0.2, 0.25) is 0 Å². The van der Waals surface area contributed by atoms with Crippen LogP contribution in [-0.2, 0) is 0 Å². The van der Waals surface area contributed by atoms with Gasteiger partial charge in [0.25, 0.3) is 5.91 Å². The average molecular weight is 393 g/mol. The zero-order valence-electron chi connectivity index (χ0n) is 13.5. The largest absolute Gasteiger partial charge is 0.496 e. The highest BCUT2D eigenvalue weighted by atomic mass is 79.9.